The highest BCUT2D eigenvalue weighted by Crippen LogP contribution is 2.25. The SMILES string of the molecule is COC(=O)c1ccc(-n2nnc(CO)c2-c2ccccc2)cc1. The van der Waals surface area contributed by atoms with Gasteiger partial charge in [0.15, 0.2) is 0 Å². The van der Waals surface area contributed by atoms with Gasteiger partial charge in [-0.1, -0.05) is 35.5 Å². The van der Waals surface area contributed by atoms with E-state index in [9.17, 15) is 9.90 Å². The number of carbonyl (C=O) groups excluding carboxylic acids is 1. The highest BCUT2D eigenvalue weighted by molar-refractivity contribution is 5.89. The molecule has 1 aromatic heterocycles. The molecule has 0 bridgehead atoms. The molecule has 1 N–H and O–H groups in total. The number of carbonyl (C=O) groups is 1. The van der Waals surface area contributed by atoms with Crippen molar-refractivity contribution in [2.75, 3.05) is 7.11 Å². The minimum Gasteiger partial charge on any atom is -0.465 e. The van der Waals surface area contributed by atoms with Gasteiger partial charge in [0.25, 0.3) is 0 Å². The summed E-state index contributed by atoms with van der Waals surface area (Å²) in [4.78, 5) is 11.5. The van der Waals surface area contributed by atoms with E-state index in [1.165, 1.54) is 7.11 Å². The number of rotatable bonds is 4. The first-order valence-corrected chi connectivity index (χ1v) is 7.04. The normalized spacial score (nSPS) is 10.5. The Labute approximate surface area is 133 Å². The predicted octanol–water partition coefficient (Wildman–Crippen LogP) is 2.21. The Bertz CT molecular complexity index is 811. The summed E-state index contributed by atoms with van der Waals surface area (Å²) in [5, 5.41) is 17.7. The topological polar surface area (TPSA) is 77.2 Å². The Morgan fingerprint density at radius 2 is 1.83 bits per heavy atom. The second-order valence-electron chi connectivity index (χ2n) is 4.86. The van der Waals surface area contributed by atoms with Crippen molar-refractivity contribution in [1.29, 1.82) is 0 Å². The zero-order valence-electron chi connectivity index (χ0n) is 12.5. The van der Waals surface area contributed by atoms with Crippen LogP contribution >= 0.6 is 0 Å². The third kappa shape index (κ3) is 2.84. The van der Waals surface area contributed by atoms with Gasteiger partial charge in [-0.3, -0.25) is 0 Å². The molecular formula is C17H15N3O3. The van der Waals surface area contributed by atoms with E-state index < -0.39 is 5.97 Å². The molecule has 0 saturated heterocycles. The van der Waals surface area contributed by atoms with Gasteiger partial charge in [-0.15, -0.1) is 5.10 Å². The average molecular weight is 309 g/mol. The molecule has 3 rings (SSSR count). The number of hydrogen-bond acceptors (Lipinski definition) is 5. The molecule has 3 aromatic rings. The summed E-state index contributed by atoms with van der Waals surface area (Å²) in [6, 6.07) is 16.4. The maximum absolute atomic E-state index is 11.5. The lowest BCUT2D eigenvalue weighted by Gasteiger charge is -2.08. The van der Waals surface area contributed by atoms with Gasteiger partial charge in [-0.2, -0.15) is 0 Å². The van der Waals surface area contributed by atoms with Crippen molar-refractivity contribution in [2.45, 2.75) is 6.61 Å². The number of aliphatic hydroxyl groups excluding tert-OH is 1. The van der Waals surface area contributed by atoms with Crippen molar-refractivity contribution in [2.24, 2.45) is 0 Å². The minimum atomic E-state index is -0.394. The molecule has 0 aliphatic rings. The van der Waals surface area contributed by atoms with Crippen molar-refractivity contribution in [3.63, 3.8) is 0 Å². The number of nitrogens with zero attached hydrogens (tertiary/aromatic N) is 3. The van der Waals surface area contributed by atoms with Gasteiger partial charge in [0.2, 0.25) is 0 Å². The average Bonchev–Trinajstić information content (AvgIpc) is 3.06. The van der Waals surface area contributed by atoms with Crippen molar-refractivity contribution in [1.82, 2.24) is 15.0 Å². The fraction of sp³-hybridized carbons (Fsp3) is 0.118. The number of benzene rings is 2. The summed E-state index contributed by atoms with van der Waals surface area (Å²) < 4.78 is 6.33. The number of hydrogen-bond donors (Lipinski definition) is 1. The first-order valence-electron chi connectivity index (χ1n) is 7.04. The van der Waals surface area contributed by atoms with Gasteiger partial charge in [0.1, 0.15) is 11.4 Å². The lowest BCUT2D eigenvalue weighted by Crippen LogP contribution is -2.03. The summed E-state index contributed by atoms with van der Waals surface area (Å²) in [7, 11) is 1.34. The van der Waals surface area contributed by atoms with E-state index in [1.807, 2.05) is 30.3 Å². The highest BCUT2D eigenvalue weighted by Gasteiger charge is 2.16. The van der Waals surface area contributed by atoms with Crippen molar-refractivity contribution in [3.8, 4) is 16.9 Å². The first-order chi connectivity index (χ1) is 11.2. The van der Waals surface area contributed by atoms with Gasteiger partial charge >= 0.3 is 5.97 Å². The molecule has 0 atom stereocenters. The molecular weight excluding hydrogens is 294 g/mol. The smallest absolute Gasteiger partial charge is 0.337 e. The highest BCUT2D eigenvalue weighted by atomic mass is 16.5. The molecule has 0 unspecified atom stereocenters. The second-order valence-corrected chi connectivity index (χ2v) is 4.86. The van der Waals surface area contributed by atoms with Crippen LogP contribution in [0.5, 0.6) is 0 Å². The van der Waals surface area contributed by atoms with Gasteiger partial charge < -0.3 is 9.84 Å². The standard InChI is InChI=1S/C17H15N3O3/c1-23-17(22)13-7-9-14(10-8-13)20-16(15(11-21)18-19-20)12-5-3-2-4-6-12/h2-10,21H,11H2,1H3. The molecule has 1 heterocycles. The maximum Gasteiger partial charge on any atom is 0.337 e. The van der Waals surface area contributed by atoms with Crippen LogP contribution in [0, 0.1) is 0 Å². The Morgan fingerprint density at radius 3 is 2.43 bits per heavy atom. The van der Waals surface area contributed by atoms with Crippen LogP contribution in [-0.4, -0.2) is 33.2 Å². The van der Waals surface area contributed by atoms with Crippen LogP contribution in [0.2, 0.25) is 0 Å². The number of aromatic nitrogens is 3. The minimum absolute atomic E-state index is 0.204. The van der Waals surface area contributed by atoms with Crippen LogP contribution in [0.25, 0.3) is 16.9 Å². The molecule has 6 heteroatoms. The Balaban J connectivity index is 2.07. The third-order valence-electron chi connectivity index (χ3n) is 3.47. The Hall–Kier alpha value is -2.99. The third-order valence-corrected chi connectivity index (χ3v) is 3.47. The molecule has 0 amide bonds. The van der Waals surface area contributed by atoms with Crippen LogP contribution in [0.15, 0.2) is 54.6 Å². The van der Waals surface area contributed by atoms with Gasteiger partial charge in [0.05, 0.1) is 25.0 Å². The van der Waals surface area contributed by atoms with Gasteiger partial charge in [-0.05, 0) is 24.3 Å². The summed E-state index contributed by atoms with van der Waals surface area (Å²) in [6.45, 7) is -0.204. The second kappa shape index (κ2) is 6.41. The lowest BCUT2D eigenvalue weighted by molar-refractivity contribution is 0.0600. The maximum atomic E-state index is 11.5. The van der Waals surface area contributed by atoms with E-state index in [2.05, 4.69) is 15.0 Å². The first kappa shape index (κ1) is 14.9. The quantitative estimate of drug-likeness (QED) is 0.748. The van der Waals surface area contributed by atoms with Crippen molar-refractivity contribution < 1.29 is 14.6 Å². The molecule has 6 nitrogen and oxygen atoms in total. The van der Waals surface area contributed by atoms with Crippen molar-refractivity contribution in [3.05, 3.63) is 65.9 Å². The van der Waals surface area contributed by atoms with Gasteiger partial charge in [-0.25, -0.2) is 9.48 Å². The Kier molecular flexibility index (Phi) is 4.16. The monoisotopic (exact) mass is 309 g/mol. The fourth-order valence-corrected chi connectivity index (χ4v) is 2.34. The van der Waals surface area contributed by atoms with Crippen LogP contribution in [0.4, 0.5) is 0 Å². The number of aliphatic hydroxyl groups is 1. The number of ether oxygens (including phenoxy) is 1. The van der Waals surface area contributed by atoms with Crippen LogP contribution in [0.1, 0.15) is 16.1 Å². The van der Waals surface area contributed by atoms with E-state index in [0.717, 1.165) is 16.9 Å². The molecule has 0 saturated carbocycles. The molecule has 0 aliphatic carbocycles. The summed E-state index contributed by atoms with van der Waals surface area (Å²) >= 11 is 0. The summed E-state index contributed by atoms with van der Waals surface area (Å²) in [5.41, 5.74) is 3.31. The van der Waals surface area contributed by atoms with Crippen LogP contribution in [-0.2, 0) is 11.3 Å². The number of esters is 1. The lowest BCUT2D eigenvalue weighted by atomic mass is 10.1. The largest absolute Gasteiger partial charge is 0.465 e. The molecule has 116 valence electrons. The molecule has 0 radical (unpaired) electrons. The molecule has 0 spiro atoms. The predicted molar refractivity (Wildman–Crippen MR) is 84.1 cm³/mol. The van der Waals surface area contributed by atoms with Gasteiger partial charge in [0, 0.05) is 5.56 Å². The zero-order chi connectivity index (χ0) is 16.2. The van der Waals surface area contributed by atoms with E-state index >= 15 is 0 Å². The molecule has 0 aliphatic heterocycles. The summed E-state index contributed by atoms with van der Waals surface area (Å²) in [5.74, 6) is -0.394. The van der Waals surface area contributed by atoms with E-state index in [4.69, 9.17) is 0 Å². The summed E-state index contributed by atoms with van der Waals surface area (Å²) in [6.07, 6.45) is 0. The molecule has 0 fully saturated rings. The Morgan fingerprint density at radius 1 is 1.13 bits per heavy atom. The zero-order valence-corrected chi connectivity index (χ0v) is 12.5. The fourth-order valence-electron chi connectivity index (χ4n) is 2.34. The van der Waals surface area contributed by atoms with E-state index in [-0.39, 0.29) is 6.61 Å². The van der Waals surface area contributed by atoms with Crippen LogP contribution < -0.4 is 0 Å². The van der Waals surface area contributed by atoms with E-state index in [0.29, 0.717) is 11.3 Å². The molecule has 23 heavy (non-hydrogen) atoms. The molecule has 2 aromatic carbocycles. The van der Waals surface area contributed by atoms with Crippen molar-refractivity contribution >= 4 is 5.97 Å². The number of methoxy groups -OCH3 is 1. The van der Waals surface area contributed by atoms with E-state index in [1.54, 1.807) is 28.9 Å². The van der Waals surface area contributed by atoms with Crippen LogP contribution in [0.3, 0.4) is 0 Å².